The Morgan fingerprint density at radius 3 is 2.42 bits per heavy atom. The van der Waals surface area contributed by atoms with Crippen molar-refractivity contribution in [2.24, 2.45) is 0 Å². The fourth-order valence-electron chi connectivity index (χ4n) is 0.462. The lowest BCUT2D eigenvalue weighted by molar-refractivity contribution is -0.389. The van der Waals surface area contributed by atoms with E-state index in [4.69, 9.17) is 4.79 Å². The first-order valence-electron chi connectivity index (χ1n) is 2.81. The number of hydrogen-bond acceptors (Lipinski definition) is 4. The van der Waals surface area contributed by atoms with Gasteiger partial charge in [-0.3, -0.25) is 4.79 Å². The van der Waals surface area contributed by atoms with Crippen LogP contribution in [0.15, 0.2) is 24.4 Å². The zero-order chi connectivity index (χ0) is 9.40. The van der Waals surface area contributed by atoms with Gasteiger partial charge in [0.1, 0.15) is 6.20 Å². The van der Waals surface area contributed by atoms with E-state index in [1.54, 1.807) is 12.1 Å². The van der Waals surface area contributed by atoms with Gasteiger partial charge in [-0.05, 0) is 27.6 Å². The Morgan fingerprint density at radius 1 is 1.58 bits per heavy atom. The first kappa shape index (κ1) is 10.5. The number of nitrogens with zero attached hydrogens (tertiary/aromatic N) is 2. The Balaban J connectivity index is 0.000000354. The molecule has 5 nitrogen and oxygen atoms in total. The summed E-state index contributed by atoms with van der Waals surface area (Å²) in [6, 6.07) is 4.55. The molecule has 0 aliphatic rings. The molecule has 0 saturated carbocycles. The third-order valence-electron chi connectivity index (χ3n) is 0.836. The second-order valence-corrected chi connectivity index (χ2v) is 1.71. The summed E-state index contributed by atoms with van der Waals surface area (Å²) in [6.07, 6.45) is 1.39. The van der Waals surface area contributed by atoms with Crippen LogP contribution < -0.4 is 0 Å². The maximum atomic E-state index is 9.94. The van der Waals surface area contributed by atoms with Crippen molar-refractivity contribution >= 4 is 23.2 Å². The van der Waals surface area contributed by atoms with Crippen molar-refractivity contribution in [3.8, 4) is 0 Å². The minimum Gasteiger partial charge on any atom is -0.358 e. The Labute approximate surface area is 73.1 Å². The van der Waals surface area contributed by atoms with Crippen LogP contribution in [0, 0.1) is 10.1 Å². The second kappa shape index (κ2) is 6.23. The summed E-state index contributed by atoms with van der Waals surface area (Å²) in [5.74, 6) is 0.109. The van der Waals surface area contributed by atoms with Crippen molar-refractivity contribution in [3.05, 3.63) is 34.5 Å². The third-order valence-corrected chi connectivity index (χ3v) is 0.836. The maximum Gasteiger partial charge on any atom is 0.363 e. The zero-order valence-electron chi connectivity index (χ0n) is 5.88. The van der Waals surface area contributed by atoms with Crippen LogP contribution in [0.3, 0.4) is 0 Å². The van der Waals surface area contributed by atoms with Gasteiger partial charge in [0.2, 0.25) is 5.75 Å². The summed E-state index contributed by atoms with van der Waals surface area (Å²) >= 11 is 4.32. The van der Waals surface area contributed by atoms with Crippen LogP contribution in [0.2, 0.25) is 0 Å². The first-order chi connectivity index (χ1) is 5.72. The highest BCUT2D eigenvalue weighted by molar-refractivity contribution is 6.54. The molecule has 0 amide bonds. The number of hydrogen-bond donors (Lipinski definition) is 0. The minimum atomic E-state index is -0.528. The average Bonchev–Trinajstić information content (AvgIpc) is 2.07. The van der Waals surface area contributed by atoms with Crippen LogP contribution in [0.4, 0.5) is 5.82 Å². The molecule has 0 fully saturated rings. The fraction of sp³-hybridized carbons (Fsp3) is 0. The van der Waals surface area contributed by atoms with Crippen LogP contribution in [0.25, 0.3) is 0 Å². The molecule has 0 atom stereocenters. The van der Waals surface area contributed by atoms with Crippen LogP contribution in [-0.2, 0) is 4.79 Å². The molecule has 1 heterocycles. The Bertz CT molecular complexity index is 252. The highest BCUT2D eigenvalue weighted by Crippen LogP contribution is 2.01. The van der Waals surface area contributed by atoms with Crippen molar-refractivity contribution in [2.75, 3.05) is 0 Å². The number of carbonyl (C=O) groups excluding carboxylic acids is 1. The standard InChI is InChI=1S/C5H4N2O2.CHClO/c8-7(9)5-3-1-2-4-6-5;2-1-3/h1-4H;1H. The molecular formula is C6H5ClN2O3. The largest absolute Gasteiger partial charge is 0.363 e. The molecule has 1 aromatic rings. The summed E-state index contributed by atoms with van der Waals surface area (Å²) in [6.45, 7) is 0. The molecule has 0 bridgehead atoms. The molecule has 0 spiro atoms. The summed E-state index contributed by atoms with van der Waals surface area (Å²) in [7, 11) is 0. The quantitative estimate of drug-likeness (QED) is 0.289. The highest BCUT2D eigenvalue weighted by atomic mass is 35.5. The highest BCUT2D eigenvalue weighted by Gasteiger charge is 2.00. The van der Waals surface area contributed by atoms with E-state index >= 15 is 0 Å². The fourth-order valence-corrected chi connectivity index (χ4v) is 0.462. The molecule has 0 unspecified atom stereocenters. The van der Waals surface area contributed by atoms with Crippen molar-refractivity contribution in [1.82, 2.24) is 4.98 Å². The van der Waals surface area contributed by atoms with Crippen LogP contribution in [-0.4, -0.2) is 15.7 Å². The van der Waals surface area contributed by atoms with Crippen molar-refractivity contribution in [1.29, 1.82) is 0 Å². The number of pyridine rings is 1. The molecule has 0 aromatic carbocycles. The monoisotopic (exact) mass is 188 g/mol. The van der Waals surface area contributed by atoms with E-state index in [0.29, 0.717) is 0 Å². The molecule has 0 N–H and O–H groups in total. The molecule has 12 heavy (non-hydrogen) atoms. The van der Waals surface area contributed by atoms with Crippen molar-refractivity contribution < 1.29 is 9.72 Å². The van der Waals surface area contributed by atoms with Crippen LogP contribution in [0.1, 0.15) is 0 Å². The molecular weight excluding hydrogens is 184 g/mol. The van der Waals surface area contributed by atoms with Gasteiger partial charge >= 0.3 is 5.82 Å². The first-order valence-corrected chi connectivity index (χ1v) is 3.25. The molecule has 0 aliphatic carbocycles. The predicted octanol–water partition coefficient (Wildman–Crippen LogP) is 1.41. The molecule has 6 heteroatoms. The summed E-state index contributed by atoms with van der Waals surface area (Å²) in [5, 5.41) is 9.94. The number of carbonyl (C=O) groups is 1. The van der Waals surface area contributed by atoms with Gasteiger partial charge in [0.05, 0.1) is 0 Å². The van der Waals surface area contributed by atoms with Gasteiger partial charge in [-0.2, -0.15) is 0 Å². The minimum absolute atomic E-state index is 0.113. The molecule has 1 rings (SSSR count). The van der Waals surface area contributed by atoms with E-state index < -0.39 is 4.92 Å². The van der Waals surface area contributed by atoms with Crippen molar-refractivity contribution in [2.45, 2.75) is 0 Å². The molecule has 0 aliphatic heterocycles. The van der Waals surface area contributed by atoms with Gasteiger partial charge < -0.3 is 10.1 Å². The number of halogens is 1. The van der Waals surface area contributed by atoms with Crippen molar-refractivity contribution in [3.63, 3.8) is 0 Å². The van der Waals surface area contributed by atoms with Crippen LogP contribution >= 0.6 is 11.6 Å². The third kappa shape index (κ3) is 4.35. The van der Waals surface area contributed by atoms with E-state index in [1.807, 2.05) is 0 Å². The number of aromatic nitrogens is 1. The van der Waals surface area contributed by atoms with Gasteiger partial charge in [0.15, 0.2) is 0 Å². The molecule has 0 radical (unpaired) electrons. The smallest absolute Gasteiger partial charge is 0.358 e. The Kier molecular flexibility index (Phi) is 5.46. The van der Waals surface area contributed by atoms with Gasteiger partial charge in [-0.25, -0.2) is 0 Å². The second-order valence-electron chi connectivity index (χ2n) is 1.53. The molecule has 1 aromatic heterocycles. The summed E-state index contributed by atoms with van der Waals surface area (Å²) < 4.78 is 0. The Morgan fingerprint density at radius 2 is 2.17 bits per heavy atom. The van der Waals surface area contributed by atoms with E-state index in [1.165, 1.54) is 12.3 Å². The molecule has 0 saturated heterocycles. The SMILES string of the molecule is O=CCl.O=[N+]([O-])c1ccccn1. The van der Waals surface area contributed by atoms with Gasteiger partial charge in [0, 0.05) is 6.07 Å². The zero-order valence-corrected chi connectivity index (χ0v) is 6.64. The summed E-state index contributed by atoms with van der Waals surface area (Å²) in [4.78, 5) is 21.5. The lowest BCUT2D eigenvalue weighted by atomic mass is 10.5. The lowest BCUT2D eigenvalue weighted by Gasteiger charge is -1.86. The Hall–Kier alpha value is -1.49. The molecule has 64 valence electrons. The normalized spacial score (nSPS) is 7.75. The maximum absolute atomic E-state index is 9.94. The van der Waals surface area contributed by atoms with E-state index in [0.717, 1.165) is 0 Å². The lowest BCUT2D eigenvalue weighted by Crippen LogP contribution is -1.88. The van der Waals surface area contributed by atoms with Gasteiger partial charge in [0.25, 0.3) is 0 Å². The average molecular weight is 189 g/mol. The predicted molar refractivity (Wildman–Crippen MR) is 43.5 cm³/mol. The van der Waals surface area contributed by atoms with E-state index in [2.05, 4.69) is 16.6 Å². The van der Waals surface area contributed by atoms with E-state index in [9.17, 15) is 10.1 Å². The number of nitro groups is 1. The number of rotatable bonds is 1. The summed E-state index contributed by atoms with van der Waals surface area (Å²) in [5.41, 5.74) is 0. The van der Waals surface area contributed by atoms with Gasteiger partial charge in [-0.15, -0.1) is 0 Å². The van der Waals surface area contributed by atoms with Crippen LogP contribution in [0.5, 0.6) is 0 Å². The van der Waals surface area contributed by atoms with E-state index in [-0.39, 0.29) is 11.6 Å². The topological polar surface area (TPSA) is 73.1 Å². The van der Waals surface area contributed by atoms with Gasteiger partial charge in [-0.1, -0.05) is 6.07 Å².